The number of carbonyl (C=O) groups is 1. The van der Waals surface area contributed by atoms with E-state index in [-0.39, 0.29) is 6.04 Å². The fraction of sp³-hybridized carbons (Fsp3) is 0.526. The third-order valence-corrected chi connectivity index (χ3v) is 5.07. The van der Waals surface area contributed by atoms with Crippen LogP contribution < -0.4 is 9.47 Å². The van der Waals surface area contributed by atoms with Gasteiger partial charge in [-0.3, -0.25) is 4.79 Å². The number of benzene rings is 1. The van der Waals surface area contributed by atoms with E-state index in [0.29, 0.717) is 31.5 Å². The highest BCUT2D eigenvalue weighted by molar-refractivity contribution is 5.77. The van der Waals surface area contributed by atoms with Crippen molar-refractivity contribution in [2.45, 2.75) is 38.1 Å². The van der Waals surface area contributed by atoms with E-state index >= 15 is 0 Å². The van der Waals surface area contributed by atoms with Crippen LogP contribution in [0.2, 0.25) is 0 Å². The molecule has 122 valence electrons. The zero-order valence-corrected chi connectivity index (χ0v) is 13.4. The van der Waals surface area contributed by atoms with Crippen molar-refractivity contribution in [1.29, 1.82) is 0 Å². The van der Waals surface area contributed by atoms with E-state index in [9.17, 15) is 4.79 Å². The van der Waals surface area contributed by atoms with Crippen molar-refractivity contribution in [3.05, 3.63) is 35.9 Å². The Hall–Kier alpha value is -1.97. The summed E-state index contributed by atoms with van der Waals surface area (Å²) in [5.74, 6) is 2.35. The van der Waals surface area contributed by atoms with Crippen LogP contribution in [0.1, 0.15) is 43.7 Å². The van der Waals surface area contributed by atoms with E-state index in [2.05, 4.69) is 29.2 Å². The highest BCUT2D eigenvalue weighted by Gasteiger charge is 2.31. The summed E-state index contributed by atoms with van der Waals surface area (Å²) in [6.45, 7) is 2.07. The Morgan fingerprint density at radius 1 is 1.17 bits per heavy atom. The lowest BCUT2D eigenvalue weighted by Gasteiger charge is -2.27. The van der Waals surface area contributed by atoms with Crippen molar-refractivity contribution in [3.63, 3.8) is 0 Å². The molecule has 0 radical (unpaired) electrons. The van der Waals surface area contributed by atoms with E-state index in [1.54, 1.807) is 0 Å². The van der Waals surface area contributed by atoms with Crippen molar-refractivity contribution in [2.75, 3.05) is 19.8 Å². The molecule has 2 aliphatic heterocycles. The van der Waals surface area contributed by atoms with E-state index < -0.39 is 0 Å². The SMILES string of the molecule is O=C(C[C@H]1C=CCC1)N1CCC[C@H]1c1ccc2c(c1)OCCO2. The molecule has 2 atom stereocenters. The first-order valence-electron chi connectivity index (χ1n) is 8.67. The Labute approximate surface area is 137 Å². The lowest BCUT2D eigenvalue weighted by molar-refractivity contribution is -0.132. The smallest absolute Gasteiger partial charge is 0.223 e. The minimum Gasteiger partial charge on any atom is -0.486 e. The first kappa shape index (κ1) is 14.6. The van der Waals surface area contributed by atoms with Crippen LogP contribution in [-0.4, -0.2) is 30.6 Å². The van der Waals surface area contributed by atoms with Gasteiger partial charge in [0.15, 0.2) is 11.5 Å². The predicted molar refractivity (Wildman–Crippen MR) is 87.6 cm³/mol. The van der Waals surface area contributed by atoms with Gasteiger partial charge in [0, 0.05) is 13.0 Å². The van der Waals surface area contributed by atoms with Gasteiger partial charge in [-0.2, -0.15) is 0 Å². The number of fused-ring (bicyclic) bond motifs is 1. The summed E-state index contributed by atoms with van der Waals surface area (Å²) >= 11 is 0. The van der Waals surface area contributed by atoms with Crippen LogP contribution in [0, 0.1) is 5.92 Å². The Bertz CT molecular complexity index is 625. The minimum atomic E-state index is 0.184. The van der Waals surface area contributed by atoms with Gasteiger partial charge in [-0.15, -0.1) is 0 Å². The van der Waals surface area contributed by atoms with Crippen molar-refractivity contribution < 1.29 is 14.3 Å². The standard InChI is InChI=1S/C19H23NO3/c21-19(12-14-4-1-2-5-14)20-9-3-6-16(20)15-7-8-17-18(13-15)23-11-10-22-17/h1,4,7-8,13-14,16H,2-3,5-6,9-12H2/t14-,16-/m0/s1. The van der Waals surface area contributed by atoms with Gasteiger partial charge < -0.3 is 14.4 Å². The molecule has 1 aliphatic carbocycles. The van der Waals surface area contributed by atoms with Crippen LogP contribution in [0.25, 0.3) is 0 Å². The number of ether oxygens (including phenoxy) is 2. The lowest BCUT2D eigenvalue weighted by atomic mass is 10.0. The molecule has 4 rings (SSSR count). The second kappa shape index (κ2) is 6.26. The van der Waals surface area contributed by atoms with Crippen LogP contribution in [0.15, 0.2) is 30.4 Å². The summed E-state index contributed by atoms with van der Waals surface area (Å²) in [6, 6.07) is 6.30. The van der Waals surface area contributed by atoms with Gasteiger partial charge in [-0.1, -0.05) is 18.2 Å². The summed E-state index contributed by atoms with van der Waals surface area (Å²) < 4.78 is 11.3. The molecule has 1 amide bonds. The molecule has 23 heavy (non-hydrogen) atoms. The molecule has 0 unspecified atom stereocenters. The number of likely N-dealkylation sites (tertiary alicyclic amines) is 1. The van der Waals surface area contributed by atoms with E-state index in [1.807, 2.05) is 6.07 Å². The number of amides is 1. The zero-order chi connectivity index (χ0) is 15.6. The lowest BCUT2D eigenvalue weighted by Crippen LogP contribution is -2.31. The van der Waals surface area contributed by atoms with Gasteiger partial charge in [0.25, 0.3) is 0 Å². The van der Waals surface area contributed by atoms with E-state index in [0.717, 1.165) is 43.7 Å². The fourth-order valence-corrected chi connectivity index (χ4v) is 3.89. The fourth-order valence-electron chi connectivity index (χ4n) is 3.89. The molecule has 1 aromatic rings. The summed E-state index contributed by atoms with van der Waals surface area (Å²) in [5, 5.41) is 0. The Morgan fingerprint density at radius 2 is 2.04 bits per heavy atom. The van der Waals surface area contributed by atoms with Gasteiger partial charge in [0.05, 0.1) is 6.04 Å². The zero-order valence-electron chi connectivity index (χ0n) is 13.4. The average Bonchev–Trinajstić information content (AvgIpc) is 3.25. The Morgan fingerprint density at radius 3 is 2.87 bits per heavy atom. The number of rotatable bonds is 3. The van der Waals surface area contributed by atoms with E-state index in [4.69, 9.17) is 9.47 Å². The number of hydrogen-bond donors (Lipinski definition) is 0. The van der Waals surface area contributed by atoms with Crippen LogP contribution in [0.4, 0.5) is 0 Å². The van der Waals surface area contributed by atoms with Crippen LogP contribution in [0.5, 0.6) is 11.5 Å². The van der Waals surface area contributed by atoms with Gasteiger partial charge >= 0.3 is 0 Å². The minimum absolute atomic E-state index is 0.184. The second-order valence-electron chi connectivity index (χ2n) is 6.62. The number of hydrogen-bond acceptors (Lipinski definition) is 3. The first-order valence-corrected chi connectivity index (χ1v) is 8.67. The monoisotopic (exact) mass is 313 g/mol. The molecule has 2 heterocycles. The molecule has 4 heteroatoms. The van der Waals surface area contributed by atoms with Crippen molar-refractivity contribution in [3.8, 4) is 11.5 Å². The molecule has 0 spiro atoms. The van der Waals surface area contributed by atoms with Crippen molar-refractivity contribution in [2.24, 2.45) is 5.92 Å². The summed E-state index contributed by atoms with van der Waals surface area (Å²) in [7, 11) is 0. The van der Waals surface area contributed by atoms with Crippen molar-refractivity contribution >= 4 is 5.91 Å². The Balaban J connectivity index is 1.50. The molecule has 1 fully saturated rings. The van der Waals surface area contributed by atoms with Crippen molar-refractivity contribution in [1.82, 2.24) is 4.90 Å². The van der Waals surface area contributed by atoms with Gasteiger partial charge in [0.1, 0.15) is 13.2 Å². The van der Waals surface area contributed by atoms with Crippen LogP contribution in [-0.2, 0) is 4.79 Å². The molecule has 3 aliphatic rings. The molecule has 0 saturated carbocycles. The predicted octanol–water partition coefficient (Wildman–Crippen LogP) is 3.48. The first-order chi connectivity index (χ1) is 11.3. The summed E-state index contributed by atoms with van der Waals surface area (Å²) in [6.07, 6.45) is 9.39. The molecule has 0 bridgehead atoms. The third-order valence-electron chi connectivity index (χ3n) is 5.07. The van der Waals surface area contributed by atoms with Gasteiger partial charge in [-0.25, -0.2) is 0 Å². The van der Waals surface area contributed by atoms with Gasteiger partial charge in [-0.05, 0) is 49.3 Å². The molecule has 0 N–H and O–H groups in total. The maximum Gasteiger partial charge on any atom is 0.223 e. The molecule has 1 saturated heterocycles. The Kier molecular flexibility index (Phi) is 3.98. The largest absolute Gasteiger partial charge is 0.486 e. The number of allylic oxidation sites excluding steroid dienone is 2. The summed E-state index contributed by atoms with van der Waals surface area (Å²) in [5.41, 5.74) is 1.17. The van der Waals surface area contributed by atoms with E-state index in [1.165, 1.54) is 5.56 Å². The highest BCUT2D eigenvalue weighted by atomic mass is 16.6. The van der Waals surface area contributed by atoms with Crippen LogP contribution >= 0.6 is 0 Å². The second-order valence-corrected chi connectivity index (χ2v) is 6.62. The van der Waals surface area contributed by atoms with Crippen LogP contribution in [0.3, 0.4) is 0 Å². The average molecular weight is 313 g/mol. The third kappa shape index (κ3) is 2.94. The molecule has 4 nitrogen and oxygen atoms in total. The number of carbonyl (C=O) groups excluding carboxylic acids is 1. The quantitative estimate of drug-likeness (QED) is 0.802. The van der Waals surface area contributed by atoms with Gasteiger partial charge in [0.2, 0.25) is 5.91 Å². The highest BCUT2D eigenvalue weighted by Crippen LogP contribution is 2.38. The normalized spacial score (nSPS) is 25.8. The molecular formula is C19H23NO3. The maximum absolute atomic E-state index is 12.7. The molecule has 1 aromatic carbocycles. The maximum atomic E-state index is 12.7. The topological polar surface area (TPSA) is 38.8 Å². The number of nitrogens with zero attached hydrogens (tertiary/aromatic N) is 1. The molecule has 0 aromatic heterocycles. The molecular weight excluding hydrogens is 290 g/mol. The summed E-state index contributed by atoms with van der Waals surface area (Å²) in [4.78, 5) is 14.8.